The van der Waals surface area contributed by atoms with E-state index in [-0.39, 0.29) is 11.9 Å². The number of imidazole rings is 1. The maximum absolute atomic E-state index is 12.2. The first-order valence-electron chi connectivity index (χ1n) is 8.79. The zero-order valence-electron chi connectivity index (χ0n) is 15.2. The summed E-state index contributed by atoms with van der Waals surface area (Å²) in [5.41, 5.74) is 6.86. The molecule has 7 nitrogen and oxygen atoms in total. The van der Waals surface area contributed by atoms with Crippen LogP contribution in [0.15, 0.2) is 36.7 Å². The summed E-state index contributed by atoms with van der Waals surface area (Å²) < 4.78 is 1.98. The fraction of sp³-hybridized carbons (Fsp3) is 0.421. The van der Waals surface area contributed by atoms with Gasteiger partial charge in [0, 0.05) is 51.6 Å². The van der Waals surface area contributed by atoms with Crippen LogP contribution in [-0.4, -0.2) is 39.9 Å². The number of carbonyl (C=O) groups excluding carboxylic acids is 2. The lowest BCUT2D eigenvalue weighted by atomic mass is 9.88. The number of aryl methyl sites for hydroxylation is 1. The predicted molar refractivity (Wildman–Crippen MR) is 98.1 cm³/mol. The van der Waals surface area contributed by atoms with Gasteiger partial charge in [-0.05, 0) is 30.0 Å². The molecule has 1 saturated heterocycles. The van der Waals surface area contributed by atoms with Crippen LogP contribution >= 0.6 is 0 Å². The van der Waals surface area contributed by atoms with Crippen LogP contribution in [0.1, 0.15) is 40.6 Å². The molecule has 0 unspecified atom stereocenters. The highest BCUT2D eigenvalue weighted by molar-refractivity contribution is 5.92. The van der Waals surface area contributed by atoms with Crippen LogP contribution in [0.3, 0.4) is 0 Å². The van der Waals surface area contributed by atoms with E-state index < -0.39 is 5.91 Å². The van der Waals surface area contributed by atoms with Crippen molar-refractivity contribution < 1.29 is 9.59 Å². The molecule has 0 radical (unpaired) electrons. The molecule has 0 bridgehead atoms. The molecule has 2 amide bonds. The van der Waals surface area contributed by atoms with Crippen LogP contribution in [-0.2, 0) is 18.4 Å². The fourth-order valence-corrected chi connectivity index (χ4v) is 3.56. The highest BCUT2D eigenvalue weighted by atomic mass is 16.2. The first-order chi connectivity index (χ1) is 12.5. The molecular formula is C19H25N5O2. The van der Waals surface area contributed by atoms with E-state index in [0.29, 0.717) is 24.4 Å². The average Bonchev–Trinajstić information content (AvgIpc) is 3.04. The van der Waals surface area contributed by atoms with Gasteiger partial charge in [0.1, 0.15) is 5.82 Å². The highest BCUT2D eigenvalue weighted by Crippen LogP contribution is 2.34. The Morgan fingerprint density at radius 3 is 2.65 bits per heavy atom. The molecule has 26 heavy (non-hydrogen) atoms. The summed E-state index contributed by atoms with van der Waals surface area (Å²) in [6, 6.07) is 7.26. The molecule has 3 rings (SSSR count). The van der Waals surface area contributed by atoms with E-state index in [1.807, 2.05) is 41.9 Å². The molecule has 1 fully saturated rings. The maximum Gasteiger partial charge on any atom is 0.248 e. The summed E-state index contributed by atoms with van der Waals surface area (Å²) in [5.74, 6) is 0.954. The average molecular weight is 355 g/mol. The van der Waals surface area contributed by atoms with E-state index in [1.54, 1.807) is 18.3 Å². The summed E-state index contributed by atoms with van der Waals surface area (Å²) >= 11 is 0. The molecule has 138 valence electrons. The van der Waals surface area contributed by atoms with Gasteiger partial charge in [0.2, 0.25) is 11.8 Å². The zero-order valence-corrected chi connectivity index (χ0v) is 15.2. The van der Waals surface area contributed by atoms with Crippen LogP contribution in [0.4, 0.5) is 0 Å². The highest BCUT2D eigenvalue weighted by Gasteiger charge is 2.36. The number of nitrogens with two attached hydrogens (primary N) is 1. The van der Waals surface area contributed by atoms with Gasteiger partial charge in [-0.25, -0.2) is 4.98 Å². The number of piperidine rings is 1. The van der Waals surface area contributed by atoms with E-state index in [2.05, 4.69) is 10.3 Å². The Morgan fingerprint density at radius 2 is 2.04 bits per heavy atom. The minimum atomic E-state index is -0.419. The second-order valence-electron chi connectivity index (χ2n) is 6.84. The van der Waals surface area contributed by atoms with Crippen LogP contribution in [0, 0.1) is 5.92 Å². The van der Waals surface area contributed by atoms with Crippen molar-refractivity contribution in [3.63, 3.8) is 0 Å². The van der Waals surface area contributed by atoms with Crippen molar-refractivity contribution in [3.8, 4) is 0 Å². The first-order valence-corrected chi connectivity index (χ1v) is 8.79. The van der Waals surface area contributed by atoms with Gasteiger partial charge in [0.15, 0.2) is 0 Å². The third-order valence-electron chi connectivity index (χ3n) is 5.08. The molecule has 0 saturated carbocycles. The third kappa shape index (κ3) is 3.77. The maximum atomic E-state index is 12.2. The van der Waals surface area contributed by atoms with Gasteiger partial charge in [-0.1, -0.05) is 12.1 Å². The third-order valence-corrected chi connectivity index (χ3v) is 5.08. The second-order valence-corrected chi connectivity index (χ2v) is 6.84. The van der Waals surface area contributed by atoms with E-state index in [9.17, 15) is 9.59 Å². The quantitative estimate of drug-likeness (QED) is 0.815. The van der Waals surface area contributed by atoms with E-state index in [4.69, 9.17) is 5.73 Å². The second kappa shape index (κ2) is 7.70. The molecule has 2 heterocycles. The molecule has 3 N–H and O–H groups in total. The van der Waals surface area contributed by atoms with Gasteiger partial charge in [-0.3, -0.25) is 9.59 Å². The molecular weight excluding hydrogens is 330 g/mol. The minimum Gasteiger partial charge on any atom is -0.366 e. The Hall–Kier alpha value is -2.67. The standard InChI is InChI=1S/C19H25N5O2/c1-23-10-9-22-19(23)17-15(7-8-16(25)24(17)2)12-21-11-13-3-5-14(6-4-13)18(20)26/h3-6,9-10,15,17,21H,7-8,11-12H2,1-2H3,(H2,20,26)/t15-,17+/m1/s1. The van der Waals surface area contributed by atoms with Crippen LogP contribution < -0.4 is 11.1 Å². The van der Waals surface area contributed by atoms with E-state index >= 15 is 0 Å². The summed E-state index contributed by atoms with van der Waals surface area (Å²) in [5, 5.41) is 3.48. The molecule has 1 aromatic heterocycles. The number of rotatable bonds is 6. The molecule has 1 aromatic carbocycles. The normalized spacial score (nSPS) is 20.4. The van der Waals surface area contributed by atoms with Crippen molar-refractivity contribution in [1.29, 1.82) is 0 Å². The number of amides is 2. The topological polar surface area (TPSA) is 93.2 Å². The fourth-order valence-electron chi connectivity index (χ4n) is 3.56. The van der Waals surface area contributed by atoms with Crippen molar-refractivity contribution in [2.75, 3.05) is 13.6 Å². The van der Waals surface area contributed by atoms with Gasteiger partial charge < -0.3 is 20.5 Å². The molecule has 1 aliphatic rings. The van der Waals surface area contributed by atoms with Gasteiger partial charge >= 0.3 is 0 Å². The Morgan fingerprint density at radius 1 is 1.31 bits per heavy atom. The summed E-state index contributed by atoms with van der Waals surface area (Å²) in [6.07, 6.45) is 5.09. The lowest BCUT2D eigenvalue weighted by Gasteiger charge is -2.38. The Balaban J connectivity index is 1.64. The number of nitrogens with one attached hydrogen (secondary N) is 1. The molecule has 7 heteroatoms. The van der Waals surface area contributed by atoms with E-state index in [1.165, 1.54) is 0 Å². The minimum absolute atomic E-state index is 0.0269. The van der Waals surface area contributed by atoms with Crippen LogP contribution in [0.5, 0.6) is 0 Å². The zero-order chi connectivity index (χ0) is 18.7. The molecule has 0 aliphatic carbocycles. The van der Waals surface area contributed by atoms with Gasteiger partial charge in [-0.15, -0.1) is 0 Å². The number of benzene rings is 1. The SMILES string of the molecule is CN1C(=O)CC[C@H](CNCc2ccc(C(N)=O)cc2)[C@H]1c1nccn1C. The van der Waals surface area contributed by atoms with E-state index in [0.717, 1.165) is 24.4 Å². The monoisotopic (exact) mass is 355 g/mol. The number of nitrogens with zero attached hydrogens (tertiary/aromatic N) is 3. The smallest absolute Gasteiger partial charge is 0.248 e. The van der Waals surface area contributed by atoms with Gasteiger partial charge in [0.25, 0.3) is 0 Å². The number of carbonyl (C=O) groups is 2. The summed E-state index contributed by atoms with van der Waals surface area (Å²) in [6.45, 7) is 1.48. The first kappa shape index (κ1) is 18.1. The largest absolute Gasteiger partial charge is 0.366 e. The summed E-state index contributed by atoms with van der Waals surface area (Å²) in [4.78, 5) is 29.6. The van der Waals surface area contributed by atoms with Crippen molar-refractivity contribution >= 4 is 11.8 Å². The van der Waals surface area contributed by atoms with Crippen molar-refractivity contribution in [2.45, 2.75) is 25.4 Å². The predicted octanol–water partition coefficient (Wildman–Crippen LogP) is 1.22. The number of primary amides is 1. The molecule has 2 atom stereocenters. The van der Waals surface area contributed by atoms with Crippen LogP contribution in [0.2, 0.25) is 0 Å². The Kier molecular flexibility index (Phi) is 5.37. The summed E-state index contributed by atoms with van der Waals surface area (Å²) in [7, 11) is 3.82. The number of likely N-dealkylation sites (tertiary alicyclic amines) is 1. The van der Waals surface area contributed by atoms with Gasteiger partial charge in [-0.2, -0.15) is 0 Å². The number of hydrogen-bond donors (Lipinski definition) is 2. The Bertz CT molecular complexity index is 783. The van der Waals surface area contributed by atoms with Crippen molar-refractivity contribution in [1.82, 2.24) is 19.8 Å². The van der Waals surface area contributed by atoms with Crippen molar-refractivity contribution in [2.24, 2.45) is 18.7 Å². The van der Waals surface area contributed by atoms with Crippen molar-refractivity contribution in [3.05, 3.63) is 53.6 Å². The molecule has 1 aliphatic heterocycles. The lowest BCUT2D eigenvalue weighted by molar-refractivity contribution is -0.137. The lowest BCUT2D eigenvalue weighted by Crippen LogP contribution is -2.44. The molecule has 2 aromatic rings. The Labute approximate surface area is 153 Å². The van der Waals surface area contributed by atoms with Gasteiger partial charge in [0.05, 0.1) is 6.04 Å². The van der Waals surface area contributed by atoms with Crippen LogP contribution in [0.25, 0.3) is 0 Å². The number of aromatic nitrogens is 2. The molecule has 0 spiro atoms. The number of hydrogen-bond acceptors (Lipinski definition) is 4.